The van der Waals surface area contributed by atoms with Gasteiger partial charge in [-0.2, -0.15) is 0 Å². The Bertz CT molecular complexity index is 55.1. The molecule has 0 aliphatic carbocycles. The predicted molar refractivity (Wildman–Crippen MR) is 20.8 cm³/mol. The van der Waals surface area contributed by atoms with Gasteiger partial charge in [0.15, 0.2) is 0 Å². The fourth-order valence-electron chi connectivity index (χ4n) is 0.0975. The zero-order chi connectivity index (χ0) is 4.83. The molecule has 1 nitrogen and oxygen atoms in total. The molecular formula is C4H5FO. The second-order valence-electron chi connectivity index (χ2n) is 0.655. The molecule has 0 rings (SSSR count). The molecule has 0 aliphatic rings. The summed E-state index contributed by atoms with van der Waals surface area (Å²) in [6.45, 7) is -0.499. The lowest BCUT2D eigenvalue weighted by molar-refractivity contribution is 0.241. The van der Waals surface area contributed by atoms with E-state index in [1.54, 1.807) is 0 Å². The van der Waals surface area contributed by atoms with E-state index in [0.29, 0.717) is 0 Å². The Morgan fingerprint density at radius 3 is 2.67 bits per heavy atom. The molecule has 0 bridgehead atoms. The lowest BCUT2D eigenvalue weighted by atomic mass is 10.8. The van der Waals surface area contributed by atoms with Gasteiger partial charge in [-0.05, 0) is 0 Å². The van der Waals surface area contributed by atoms with Crippen LogP contribution in [0.2, 0.25) is 0 Å². The number of halogens is 1. The molecule has 0 fully saturated rings. The summed E-state index contributed by atoms with van der Waals surface area (Å²) >= 11 is 0. The van der Waals surface area contributed by atoms with Gasteiger partial charge in [-0.3, -0.25) is 0 Å². The van der Waals surface area contributed by atoms with E-state index in [1.165, 1.54) is 0 Å². The highest BCUT2D eigenvalue weighted by atomic mass is 19.1. The molecule has 0 N–H and O–H groups in total. The van der Waals surface area contributed by atoms with Crippen LogP contribution in [0, 0.1) is 12.5 Å². The molecule has 0 aliphatic heterocycles. The molecule has 0 saturated carbocycles. The van der Waals surface area contributed by atoms with E-state index in [4.69, 9.17) is 0 Å². The van der Waals surface area contributed by atoms with Gasteiger partial charge in [-0.15, -0.1) is 0 Å². The molecule has 0 saturated heterocycles. The van der Waals surface area contributed by atoms with E-state index in [1.807, 2.05) is 6.11 Å². The second-order valence-corrected chi connectivity index (χ2v) is 0.655. The first kappa shape index (κ1) is 5.29. The van der Waals surface area contributed by atoms with E-state index in [-0.39, 0.29) is 6.61 Å². The number of rotatable bonds is 2. The summed E-state index contributed by atoms with van der Waals surface area (Å²) in [5.74, 6) is 0. The highest BCUT2D eigenvalue weighted by Crippen LogP contribution is 1.67. The minimum absolute atomic E-state index is 0.0104. The molecule has 2 heteroatoms. The molecule has 0 aromatic heterocycles. The van der Waals surface area contributed by atoms with Gasteiger partial charge >= 0.3 is 0 Å². The van der Waals surface area contributed by atoms with Crippen molar-refractivity contribution >= 4 is 0 Å². The Morgan fingerprint density at radius 1 is 1.83 bits per heavy atom. The Kier molecular flexibility index (Phi) is 3.78. The number of hydrogen-bond donors (Lipinski definition) is 0. The van der Waals surface area contributed by atoms with Gasteiger partial charge in [-0.1, -0.05) is 6.42 Å². The monoisotopic (exact) mass is 88.0 g/mol. The third kappa shape index (κ3) is 3.29. The van der Waals surface area contributed by atoms with Crippen LogP contribution >= 0.6 is 0 Å². The Morgan fingerprint density at radius 2 is 2.50 bits per heavy atom. The molecule has 0 spiro atoms. The van der Waals surface area contributed by atoms with Gasteiger partial charge in [0.25, 0.3) is 0 Å². The summed E-state index contributed by atoms with van der Waals surface area (Å²) in [6.07, 6.45) is 6.40. The first-order valence-electron chi connectivity index (χ1n) is 1.55. The van der Waals surface area contributed by atoms with E-state index in [9.17, 15) is 4.39 Å². The standard InChI is InChI=1S/C4H5FO/c1-2-6-4-3-5/h1H,3-4H2. The van der Waals surface area contributed by atoms with E-state index in [2.05, 4.69) is 11.2 Å². The predicted octanol–water partition coefficient (Wildman–Crippen LogP) is 0.563. The minimum atomic E-state index is -0.510. The maximum absolute atomic E-state index is 11.0. The number of hydrogen-bond acceptors (Lipinski definition) is 1. The van der Waals surface area contributed by atoms with Crippen molar-refractivity contribution in [3.05, 3.63) is 0 Å². The van der Waals surface area contributed by atoms with Crippen LogP contribution in [0.3, 0.4) is 0 Å². The fraction of sp³-hybridized carbons (Fsp3) is 0.500. The maximum Gasteiger partial charge on any atom is 0.128 e. The Balaban J connectivity index is 2.54. The topological polar surface area (TPSA) is 9.23 Å². The zero-order valence-electron chi connectivity index (χ0n) is 3.28. The van der Waals surface area contributed by atoms with Crippen molar-refractivity contribution < 1.29 is 9.13 Å². The van der Waals surface area contributed by atoms with Crippen LogP contribution in [0.1, 0.15) is 0 Å². The van der Waals surface area contributed by atoms with Gasteiger partial charge in [0.1, 0.15) is 19.4 Å². The normalized spacial score (nSPS) is 6.67. The largest absolute Gasteiger partial charge is 0.444 e. The SMILES string of the molecule is C#COCCF. The van der Waals surface area contributed by atoms with Gasteiger partial charge in [0.2, 0.25) is 0 Å². The van der Waals surface area contributed by atoms with E-state index < -0.39 is 6.67 Å². The molecule has 0 radical (unpaired) electrons. The summed E-state index contributed by atoms with van der Waals surface area (Å²) < 4.78 is 15.1. The summed E-state index contributed by atoms with van der Waals surface area (Å²) in [6, 6.07) is 0. The van der Waals surface area contributed by atoms with Gasteiger partial charge in [0.05, 0.1) is 0 Å². The number of alkyl halides is 1. The van der Waals surface area contributed by atoms with Crippen LogP contribution < -0.4 is 0 Å². The van der Waals surface area contributed by atoms with Crippen LogP contribution in [0.25, 0.3) is 0 Å². The lowest BCUT2D eigenvalue weighted by Gasteiger charge is -1.84. The minimum Gasteiger partial charge on any atom is -0.444 e. The van der Waals surface area contributed by atoms with Crippen molar-refractivity contribution in [1.82, 2.24) is 0 Å². The average Bonchev–Trinajstić information content (AvgIpc) is 1.61. The molecule has 0 unspecified atom stereocenters. The van der Waals surface area contributed by atoms with Crippen molar-refractivity contribution in [2.45, 2.75) is 0 Å². The summed E-state index contributed by atoms with van der Waals surface area (Å²) in [5, 5.41) is 0. The van der Waals surface area contributed by atoms with Crippen molar-refractivity contribution in [3.63, 3.8) is 0 Å². The van der Waals surface area contributed by atoms with Crippen LogP contribution in [0.5, 0.6) is 0 Å². The van der Waals surface area contributed by atoms with E-state index in [0.717, 1.165) is 0 Å². The Hall–Kier alpha value is -0.710. The summed E-state index contributed by atoms with van der Waals surface area (Å²) in [5.41, 5.74) is 0. The Labute approximate surface area is 36.1 Å². The van der Waals surface area contributed by atoms with Gasteiger partial charge < -0.3 is 4.74 Å². The molecule has 0 atom stereocenters. The maximum atomic E-state index is 11.0. The van der Waals surface area contributed by atoms with E-state index >= 15 is 0 Å². The first-order valence-corrected chi connectivity index (χ1v) is 1.55. The molecule has 0 aromatic rings. The van der Waals surface area contributed by atoms with Crippen molar-refractivity contribution in [2.75, 3.05) is 13.3 Å². The molecule has 0 aromatic carbocycles. The third-order valence-electron chi connectivity index (χ3n) is 0.263. The lowest BCUT2D eigenvalue weighted by Crippen LogP contribution is -1.86. The van der Waals surface area contributed by atoms with Crippen LogP contribution in [-0.2, 0) is 4.74 Å². The van der Waals surface area contributed by atoms with Gasteiger partial charge in [0, 0.05) is 0 Å². The molecule has 0 amide bonds. The summed E-state index contributed by atoms with van der Waals surface area (Å²) in [4.78, 5) is 0. The molecular weight excluding hydrogens is 83.0 g/mol. The quantitative estimate of drug-likeness (QED) is 0.354. The second kappa shape index (κ2) is 4.29. The van der Waals surface area contributed by atoms with Crippen LogP contribution in [0.15, 0.2) is 0 Å². The fourth-order valence-corrected chi connectivity index (χ4v) is 0.0975. The average molecular weight is 88.1 g/mol. The van der Waals surface area contributed by atoms with Crippen molar-refractivity contribution in [1.29, 1.82) is 0 Å². The highest BCUT2D eigenvalue weighted by Gasteiger charge is 1.73. The van der Waals surface area contributed by atoms with Gasteiger partial charge in [-0.25, -0.2) is 4.39 Å². The zero-order valence-corrected chi connectivity index (χ0v) is 3.28. The third-order valence-corrected chi connectivity index (χ3v) is 0.263. The molecule has 6 heavy (non-hydrogen) atoms. The van der Waals surface area contributed by atoms with Crippen LogP contribution in [-0.4, -0.2) is 13.3 Å². The highest BCUT2D eigenvalue weighted by molar-refractivity contribution is 4.67. The number of terminal acetylenes is 1. The first-order chi connectivity index (χ1) is 2.91. The molecule has 0 heterocycles. The number of ether oxygens (including phenoxy) is 1. The summed E-state index contributed by atoms with van der Waals surface area (Å²) in [7, 11) is 0. The smallest absolute Gasteiger partial charge is 0.128 e. The van der Waals surface area contributed by atoms with Crippen LogP contribution in [0.4, 0.5) is 4.39 Å². The molecule has 34 valence electrons. The van der Waals surface area contributed by atoms with Crippen molar-refractivity contribution in [3.8, 4) is 12.5 Å². The van der Waals surface area contributed by atoms with Crippen molar-refractivity contribution in [2.24, 2.45) is 0 Å².